The molecule has 2 rings (SSSR count). The minimum atomic E-state index is -0.0231. The van der Waals surface area contributed by atoms with Gasteiger partial charge in [-0.1, -0.05) is 94.9 Å². The third-order valence-corrected chi connectivity index (χ3v) is 5.86. The van der Waals surface area contributed by atoms with Crippen molar-refractivity contribution < 1.29 is 9.53 Å². The molecule has 180 valence electrons. The molecule has 0 bridgehead atoms. The van der Waals surface area contributed by atoms with E-state index in [-0.39, 0.29) is 5.91 Å². The number of carbonyl (C=O) groups excluding carboxylic acids is 1. The molecule has 0 atom stereocenters. The van der Waals surface area contributed by atoms with E-state index in [0.717, 1.165) is 29.7 Å². The molecule has 4 nitrogen and oxygen atoms in total. The Morgan fingerprint density at radius 2 is 1.42 bits per heavy atom. The number of hydrogen-bond acceptors (Lipinski definition) is 3. The van der Waals surface area contributed by atoms with Crippen molar-refractivity contribution in [2.45, 2.75) is 90.6 Å². The highest BCUT2D eigenvalue weighted by Crippen LogP contribution is 2.15. The molecule has 1 amide bonds. The van der Waals surface area contributed by atoms with Crippen molar-refractivity contribution in [3.05, 3.63) is 64.7 Å². The normalized spacial score (nSPS) is 11.1. The molecule has 0 fully saturated rings. The van der Waals surface area contributed by atoms with E-state index >= 15 is 0 Å². The van der Waals surface area contributed by atoms with Gasteiger partial charge in [0.2, 0.25) is 5.91 Å². The van der Waals surface area contributed by atoms with Crippen molar-refractivity contribution in [3.8, 4) is 5.75 Å². The Hall–Kier alpha value is -2.33. The number of rotatable bonds is 17. The summed E-state index contributed by atoms with van der Waals surface area (Å²) in [5, 5.41) is 4.78. The Bertz CT molecular complexity index is 804. The molecule has 0 saturated heterocycles. The fourth-order valence-corrected chi connectivity index (χ4v) is 3.71. The molecule has 2 aromatic carbocycles. The van der Waals surface area contributed by atoms with Crippen LogP contribution in [0.15, 0.2) is 53.6 Å². The molecule has 0 saturated carbocycles. The lowest BCUT2D eigenvalue weighted by molar-refractivity contribution is -0.121. The zero-order chi connectivity index (χ0) is 23.6. The van der Waals surface area contributed by atoms with Gasteiger partial charge in [-0.15, -0.1) is 0 Å². The second kappa shape index (κ2) is 17.2. The van der Waals surface area contributed by atoms with Gasteiger partial charge in [-0.05, 0) is 53.9 Å². The molecule has 0 aliphatic carbocycles. The predicted molar refractivity (Wildman–Crippen MR) is 139 cm³/mol. The van der Waals surface area contributed by atoms with Gasteiger partial charge in [0.25, 0.3) is 0 Å². The molecule has 33 heavy (non-hydrogen) atoms. The van der Waals surface area contributed by atoms with Gasteiger partial charge >= 0.3 is 0 Å². The van der Waals surface area contributed by atoms with Crippen LogP contribution in [0.2, 0.25) is 5.02 Å². The Kier molecular flexibility index (Phi) is 14.0. The SMILES string of the molecule is CCCCCCCCCCCCCC(=O)N/N=C/c1ccc(OCc2ccc(Cl)cc2)cc1. The van der Waals surface area contributed by atoms with Gasteiger partial charge in [0.15, 0.2) is 0 Å². The summed E-state index contributed by atoms with van der Waals surface area (Å²) in [6.45, 7) is 2.74. The Morgan fingerprint density at radius 1 is 0.848 bits per heavy atom. The minimum absolute atomic E-state index is 0.0231. The Morgan fingerprint density at radius 3 is 2.03 bits per heavy atom. The van der Waals surface area contributed by atoms with Gasteiger partial charge in [0, 0.05) is 11.4 Å². The van der Waals surface area contributed by atoms with Crippen LogP contribution in [0.5, 0.6) is 5.75 Å². The molecule has 1 N–H and O–H groups in total. The minimum Gasteiger partial charge on any atom is -0.489 e. The second-order valence-electron chi connectivity index (χ2n) is 8.56. The topological polar surface area (TPSA) is 50.7 Å². The van der Waals surface area contributed by atoms with E-state index in [1.165, 1.54) is 57.8 Å². The van der Waals surface area contributed by atoms with Crippen molar-refractivity contribution in [2.24, 2.45) is 5.10 Å². The van der Waals surface area contributed by atoms with Gasteiger partial charge in [-0.2, -0.15) is 5.10 Å². The summed E-state index contributed by atoms with van der Waals surface area (Å²) in [7, 11) is 0. The van der Waals surface area contributed by atoms with Crippen LogP contribution in [0.3, 0.4) is 0 Å². The number of carbonyl (C=O) groups is 1. The van der Waals surface area contributed by atoms with Crippen molar-refractivity contribution >= 4 is 23.7 Å². The maximum Gasteiger partial charge on any atom is 0.240 e. The fraction of sp³-hybridized carbons (Fsp3) is 0.500. The lowest BCUT2D eigenvalue weighted by Crippen LogP contribution is -2.16. The largest absolute Gasteiger partial charge is 0.489 e. The number of hydrazone groups is 1. The smallest absolute Gasteiger partial charge is 0.240 e. The van der Waals surface area contributed by atoms with Gasteiger partial charge in [-0.25, -0.2) is 5.43 Å². The van der Waals surface area contributed by atoms with Crippen LogP contribution in [0.4, 0.5) is 0 Å². The standard InChI is InChI=1S/C28H39ClN2O2/c1-2-3-4-5-6-7-8-9-10-11-12-13-28(32)31-30-22-24-16-20-27(21-17-24)33-23-25-14-18-26(29)19-15-25/h14-22H,2-13,23H2,1H3,(H,31,32)/b30-22+. The van der Waals surface area contributed by atoms with E-state index < -0.39 is 0 Å². The third kappa shape index (κ3) is 13.1. The summed E-state index contributed by atoms with van der Waals surface area (Å²) in [4.78, 5) is 11.9. The maximum atomic E-state index is 11.9. The summed E-state index contributed by atoms with van der Waals surface area (Å²) in [5.41, 5.74) is 4.59. The molecule has 0 aliphatic heterocycles. The third-order valence-electron chi connectivity index (χ3n) is 5.61. The zero-order valence-corrected chi connectivity index (χ0v) is 20.8. The van der Waals surface area contributed by atoms with Gasteiger partial charge < -0.3 is 4.74 Å². The monoisotopic (exact) mass is 470 g/mol. The number of nitrogens with zero attached hydrogens (tertiary/aromatic N) is 1. The van der Waals surface area contributed by atoms with Crippen LogP contribution in [-0.4, -0.2) is 12.1 Å². The van der Waals surface area contributed by atoms with Gasteiger partial charge in [0.1, 0.15) is 12.4 Å². The molecular weight excluding hydrogens is 432 g/mol. The molecule has 2 aromatic rings. The Labute approximate surface area is 204 Å². The first-order chi connectivity index (χ1) is 16.2. The van der Waals surface area contributed by atoms with E-state index in [2.05, 4.69) is 17.5 Å². The summed E-state index contributed by atoms with van der Waals surface area (Å²) in [6.07, 6.45) is 16.3. The molecule has 0 spiro atoms. The number of hydrogen-bond donors (Lipinski definition) is 1. The average Bonchev–Trinajstić information content (AvgIpc) is 2.83. The molecule has 0 radical (unpaired) electrons. The van der Waals surface area contributed by atoms with E-state index in [9.17, 15) is 4.79 Å². The maximum absolute atomic E-state index is 11.9. The number of halogens is 1. The van der Waals surface area contributed by atoms with Crippen molar-refractivity contribution in [3.63, 3.8) is 0 Å². The van der Waals surface area contributed by atoms with Crippen LogP contribution < -0.4 is 10.2 Å². The van der Waals surface area contributed by atoms with Crippen LogP contribution in [-0.2, 0) is 11.4 Å². The highest BCUT2D eigenvalue weighted by Gasteiger charge is 2.00. The number of unbranched alkanes of at least 4 members (excludes halogenated alkanes) is 10. The molecule has 0 unspecified atom stereocenters. The van der Waals surface area contributed by atoms with Crippen LogP contribution in [0, 0.1) is 0 Å². The molecule has 0 heterocycles. The van der Waals surface area contributed by atoms with E-state index in [4.69, 9.17) is 16.3 Å². The quantitative estimate of drug-likeness (QED) is 0.144. The van der Waals surface area contributed by atoms with Crippen molar-refractivity contribution in [1.29, 1.82) is 0 Å². The lowest BCUT2D eigenvalue weighted by atomic mass is 10.1. The van der Waals surface area contributed by atoms with E-state index in [1.54, 1.807) is 6.21 Å². The van der Waals surface area contributed by atoms with Crippen molar-refractivity contribution in [1.82, 2.24) is 5.43 Å². The summed E-state index contributed by atoms with van der Waals surface area (Å²) in [6, 6.07) is 15.2. The highest BCUT2D eigenvalue weighted by molar-refractivity contribution is 6.30. The predicted octanol–water partition coefficient (Wildman–Crippen LogP) is 8.07. The lowest BCUT2D eigenvalue weighted by Gasteiger charge is -2.06. The molecule has 0 aliphatic rings. The van der Waals surface area contributed by atoms with E-state index in [1.807, 2.05) is 48.5 Å². The van der Waals surface area contributed by atoms with Gasteiger partial charge in [0.05, 0.1) is 6.21 Å². The van der Waals surface area contributed by atoms with Crippen LogP contribution in [0.25, 0.3) is 0 Å². The second-order valence-corrected chi connectivity index (χ2v) is 9.00. The summed E-state index contributed by atoms with van der Waals surface area (Å²) in [5.74, 6) is 0.757. The first-order valence-corrected chi connectivity index (χ1v) is 12.8. The van der Waals surface area contributed by atoms with Gasteiger partial charge in [-0.3, -0.25) is 4.79 Å². The van der Waals surface area contributed by atoms with Crippen molar-refractivity contribution in [2.75, 3.05) is 0 Å². The summed E-state index contributed by atoms with van der Waals surface area (Å²) >= 11 is 5.90. The summed E-state index contributed by atoms with van der Waals surface area (Å²) < 4.78 is 5.78. The zero-order valence-electron chi connectivity index (χ0n) is 20.0. The average molecular weight is 471 g/mol. The van der Waals surface area contributed by atoms with Crippen LogP contribution in [0.1, 0.15) is 95.1 Å². The number of ether oxygens (including phenoxy) is 1. The molecule has 5 heteroatoms. The number of benzene rings is 2. The van der Waals surface area contributed by atoms with Crippen LogP contribution >= 0.6 is 11.6 Å². The highest BCUT2D eigenvalue weighted by atomic mass is 35.5. The van der Waals surface area contributed by atoms with E-state index in [0.29, 0.717) is 18.1 Å². The first kappa shape index (κ1) is 26.9. The number of nitrogens with one attached hydrogen (secondary N) is 1. The molecular formula is C28H39ClN2O2. The molecule has 0 aromatic heterocycles. The first-order valence-electron chi connectivity index (χ1n) is 12.5. The number of amides is 1. The Balaban J connectivity index is 1.51. The fourth-order valence-electron chi connectivity index (χ4n) is 3.58.